The van der Waals surface area contributed by atoms with E-state index in [1.165, 1.54) is 11.3 Å². The average molecular weight is 234 g/mol. The summed E-state index contributed by atoms with van der Waals surface area (Å²) in [6.07, 6.45) is 0. The summed E-state index contributed by atoms with van der Waals surface area (Å²) in [5.41, 5.74) is 3.38. The van der Waals surface area contributed by atoms with E-state index < -0.39 is 0 Å². The van der Waals surface area contributed by atoms with Crippen molar-refractivity contribution >= 4 is 17.2 Å². The first-order valence-electron chi connectivity index (χ1n) is 5.13. The Kier molecular flexibility index (Phi) is 3.10. The van der Waals surface area contributed by atoms with Gasteiger partial charge in [0, 0.05) is 17.9 Å². The van der Waals surface area contributed by atoms with Gasteiger partial charge in [-0.1, -0.05) is 6.07 Å². The number of hydrogen-bond acceptors (Lipinski definition) is 2. The molecule has 0 spiro atoms. The van der Waals surface area contributed by atoms with Crippen molar-refractivity contribution in [2.45, 2.75) is 20.4 Å². The number of aromatic amines is 1. The summed E-state index contributed by atoms with van der Waals surface area (Å²) in [4.78, 5) is 15.7. The van der Waals surface area contributed by atoms with Crippen LogP contribution in [0.1, 0.15) is 26.6 Å². The zero-order chi connectivity index (χ0) is 11.5. The van der Waals surface area contributed by atoms with Crippen LogP contribution in [-0.4, -0.2) is 10.9 Å². The molecule has 0 unspecified atom stereocenters. The van der Waals surface area contributed by atoms with Crippen LogP contribution in [0.5, 0.6) is 0 Å². The molecule has 0 saturated carbocycles. The number of carbonyl (C=O) groups excluding carboxylic acids is 1. The molecule has 0 fully saturated rings. The topological polar surface area (TPSA) is 44.9 Å². The highest BCUT2D eigenvalue weighted by Crippen LogP contribution is 2.11. The van der Waals surface area contributed by atoms with Crippen LogP contribution in [0.4, 0.5) is 0 Å². The van der Waals surface area contributed by atoms with E-state index in [2.05, 4.69) is 16.4 Å². The fourth-order valence-electron chi connectivity index (χ4n) is 1.64. The predicted octanol–water partition coefficient (Wildman–Crippen LogP) is 2.62. The third-order valence-corrected chi connectivity index (χ3v) is 3.31. The lowest BCUT2D eigenvalue weighted by molar-refractivity contribution is 0.0955. The Hall–Kier alpha value is -1.55. The third-order valence-electron chi connectivity index (χ3n) is 2.44. The van der Waals surface area contributed by atoms with Gasteiger partial charge in [-0.25, -0.2) is 0 Å². The summed E-state index contributed by atoms with van der Waals surface area (Å²) in [6.45, 7) is 4.60. The first kappa shape index (κ1) is 11.0. The summed E-state index contributed by atoms with van der Waals surface area (Å²) < 4.78 is 0. The van der Waals surface area contributed by atoms with Crippen molar-refractivity contribution in [3.8, 4) is 0 Å². The number of carbonyl (C=O) groups is 1. The Labute approximate surface area is 98.5 Å². The third kappa shape index (κ3) is 2.33. The van der Waals surface area contributed by atoms with E-state index in [4.69, 9.17) is 0 Å². The minimum atomic E-state index is -0.00625. The maximum atomic E-state index is 11.7. The van der Waals surface area contributed by atoms with E-state index >= 15 is 0 Å². The molecule has 2 aromatic rings. The molecule has 0 aliphatic rings. The molecule has 1 amide bonds. The summed E-state index contributed by atoms with van der Waals surface area (Å²) in [5, 5.41) is 4.81. The van der Waals surface area contributed by atoms with E-state index in [9.17, 15) is 4.79 Å². The van der Waals surface area contributed by atoms with Crippen LogP contribution < -0.4 is 5.32 Å². The van der Waals surface area contributed by atoms with Crippen LogP contribution in [0.2, 0.25) is 0 Å². The maximum Gasteiger partial charge on any atom is 0.261 e. The van der Waals surface area contributed by atoms with Crippen molar-refractivity contribution in [1.82, 2.24) is 10.3 Å². The summed E-state index contributed by atoms with van der Waals surface area (Å²) in [7, 11) is 0. The van der Waals surface area contributed by atoms with Crippen LogP contribution >= 0.6 is 11.3 Å². The predicted molar refractivity (Wildman–Crippen MR) is 65.8 cm³/mol. The fraction of sp³-hybridized carbons (Fsp3) is 0.250. The monoisotopic (exact) mass is 234 g/mol. The normalized spacial score (nSPS) is 10.4. The van der Waals surface area contributed by atoms with Gasteiger partial charge in [0.1, 0.15) is 0 Å². The molecule has 2 N–H and O–H groups in total. The van der Waals surface area contributed by atoms with Crippen molar-refractivity contribution in [1.29, 1.82) is 0 Å². The van der Waals surface area contributed by atoms with Gasteiger partial charge in [-0.3, -0.25) is 4.79 Å². The minimum Gasteiger partial charge on any atom is -0.362 e. The lowest BCUT2D eigenvalue weighted by atomic mass is 10.2. The lowest BCUT2D eigenvalue weighted by Crippen LogP contribution is -2.21. The minimum absolute atomic E-state index is 0.00625. The molecule has 0 aliphatic heterocycles. The summed E-state index contributed by atoms with van der Waals surface area (Å²) >= 11 is 1.46. The van der Waals surface area contributed by atoms with E-state index in [0.717, 1.165) is 21.8 Å². The Morgan fingerprint density at radius 1 is 1.50 bits per heavy atom. The van der Waals surface area contributed by atoms with E-state index in [1.807, 2.05) is 31.4 Å². The van der Waals surface area contributed by atoms with Gasteiger partial charge < -0.3 is 10.3 Å². The molecule has 84 valence electrons. The standard InChI is InChI=1S/C12H14N2OS/c1-8-6-10(9(2)14-8)7-13-12(15)11-4-3-5-16-11/h3-6,14H,7H2,1-2H3,(H,13,15). The van der Waals surface area contributed by atoms with Crippen molar-refractivity contribution in [2.75, 3.05) is 0 Å². The van der Waals surface area contributed by atoms with Crippen molar-refractivity contribution in [3.63, 3.8) is 0 Å². The van der Waals surface area contributed by atoms with E-state index in [1.54, 1.807) is 0 Å². The van der Waals surface area contributed by atoms with E-state index in [-0.39, 0.29) is 5.91 Å². The highest BCUT2D eigenvalue weighted by Gasteiger charge is 2.07. The largest absolute Gasteiger partial charge is 0.362 e. The highest BCUT2D eigenvalue weighted by atomic mass is 32.1. The number of aryl methyl sites for hydroxylation is 2. The van der Waals surface area contributed by atoms with Gasteiger partial charge in [0.25, 0.3) is 5.91 Å². The van der Waals surface area contributed by atoms with Gasteiger partial charge in [0.05, 0.1) is 4.88 Å². The molecule has 0 saturated heterocycles. The number of nitrogens with one attached hydrogen (secondary N) is 2. The molecule has 2 aromatic heterocycles. The first-order chi connectivity index (χ1) is 7.66. The molecule has 0 aromatic carbocycles. The van der Waals surface area contributed by atoms with E-state index in [0.29, 0.717) is 6.54 Å². The summed E-state index contributed by atoms with van der Waals surface area (Å²) in [5.74, 6) is -0.00625. The molecule has 16 heavy (non-hydrogen) atoms. The molecule has 4 heteroatoms. The number of aromatic nitrogens is 1. The number of H-pyrrole nitrogens is 1. The molecule has 0 atom stereocenters. The molecule has 0 bridgehead atoms. The average Bonchev–Trinajstić information content (AvgIpc) is 2.84. The van der Waals surface area contributed by atoms with Crippen molar-refractivity contribution in [3.05, 3.63) is 45.4 Å². The number of hydrogen-bond donors (Lipinski definition) is 2. The molecular formula is C12H14N2OS. The zero-order valence-electron chi connectivity index (χ0n) is 9.33. The Morgan fingerprint density at radius 2 is 2.31 bits per heavy atom. The van der Waals surface area contributed by atoms with Crippen LogP contribution in [0.25, 0.3) is 0 Å². The quantitative estimate of drug-likeness (QED) is 0.842. The van der Waals surface area contributed by atoms with Crippen molar-refractivity contribution < 1.29 is 4.79 Å². The second-order valence-corrected chi connectivity index (χ2v) is 4.71. The second-order valence-electron chi connectivity index (χ2n) is 3.76. The maximum absolute atomic E-state index is 11.7. The molecular weight excluding hydrogens is 220 g/mol. The van der Waals surface area contributed by atoms with Crippen LogP contribution in [0.15, 0.2) is 23.6 Å². The number of rotatable bonds is 3. The van der Waals surface area contributed by atoms with Gasteiger partial charge in [-0.05, 0) is 36.9 Å². The zero-order valence-corrected chi connectivity index (χ0v) is 10.1. The number of thiophene rings is 1. The molecule has 3 nitrogen and oxygen atoms in total. The number of amides is 1. The lowest BCUT2D eigenvalue weighted by Gasteiger charge is -2.02. The van der Waals surface area contributed by atoms with Gasteiger partial charge in [-0.15, -0.1) is 11.3 Å². The van der Waals surface area contributed by atoms with Gasteiger partial charge in [-0.2, -0.15) is 0 Å². The second kappa shape index (κ2) is 4.53. The van der Waals surface area contributed by atoms with Gasteiger partial charge >= 0.3 is 0 Å². The SMILES string of the molecule is Cc1cc(CNC(=O)c2cccs2)c(C)[nH]1. The highest BCUT2D eigenvalue weighted by molar-refractivity contribution is 7.12. The van der Waals surface area contributed by atoms with Crippen molar-refractivity contribution in [2.24, 2.45) is 0 Å². The first-order valence-corrected chi connectivity index (χ1v) is 6.01. The Bertz CT molecular complexity index is 485. The summed E-state index contributed by atoms with van der Waals surface area (Å²) in [6, 6.07) is 5.77. The molecule has 2 heterocycles. The van der Waals surface area contributed by atoms with Crippen LogP contribution in [0.3, 0.4) is 0 Å². The Balaban J connectivity index is 1.98. The Morgan fingerprint density at radius 3 is 2.88 bits per heavy atom. The van der Waals surface area contributed by atoms with Crippen LogP contribution in [-0.2, 0) is 6.54 Å². The van der Waals surface area contributed by atoms with Crippen LogP contribution in [0, 0.1) is 13.8 Å². The molecule has 0 aliphatic carbocycles. The van der Waals surface area contributed by atoms with Gasteiger partial charge in [0.2, 0.25) is 0 Å². The smallest absolute Gasteiger partial charge is 0.261 e. The molecule has 2 rings (SSSR count). The van der Waals surface area contributed by atoms with Gasteiger partial charge in [0.15, 0.2) is 0 Å². The fourth-order valence-corrected chi connectivity index (χ4v) is 2.28. The molecule has 0 radical (unpaired) electrons.